The lowest BCUT2D eigenvalue weighted by Gasteiger charge is -2.24. The van der Waals surface area contributed by atoms with E-state index in [9.17, 15) is 5.11 Å². The Morgan fingerprint density at radius 3 is 1.48 bits per heavy atom. The van der Waals surface area contributed by atoms with E-state index in [1.165, 1.54) is 11.1 Å². The molecular formula is C21H29Cl2NO. The zero-order chi connectivity index (χ0) is 18.7. The molecule has 2 aromatic rings. The van der Waals surface area contributed by atoms with Gasteiger partial charge in [0.15, 0.2) is 0 Å². The molecule has 2 rings (SSSR count). The number of halogens is 2. The van der Waals surface area contributed by atoms with E-state index in [-0.39, 0.29) is 6.10 Å². The molecule has 1 atom stereocenters. The van der Waals surface area contributed by atoms with Gasteiger partial charge in [0.05, 0.1) is 6.10 Å². The third-order valence-corrected chi connectivity index (χ3v) is 4.29. The molecule has 0 radical (unpaired) electrons. The molecule has 0 aliphatic carbocycles. The van der Waals surface area contributed by atoms with Gasteiger partial charge in [-0.25, -0.2) is 0 Å². The second-order valence-corrected chi connectivity index (χ2v) is 6.78. The first kappa shape index (κ1) is 22.0. The molecule has 0 saturated heterocycles. The van der Waals surface area contributed by atoms with Crippen LogP contribution in [0.15, 0.2) is 48.5 Å². The lowest BCUT2D eigenvalue weighted by Crippen LogP contribution is -2.34. The number of hydrogen-bond donors (Lipinski definition) is 1. The second-order valence-electron chi connectivity index (χ2n) is 5.90. The van der Waals surface area contributed by atoms with Crippen LogP contribution in [0.4, 0.5) is 0 Å². The van der Waals surface area contributed by atoms with Crippen LogP contribution in [0.5, 0.6) is 0 Å². The summed E-state index contributed by atoms with van der Waals surface area (Å²) in [6.45, 7) is 8.35. The maximum atomic E-state index is 9.71. The van der Waals surface area contributed by atoms with Crippen molar-refractivity contribution in [3.8, 4) is 0 Å². The SMILES string of the molecule is CC.CC(O)CN(CCc1ccc(Cl)cc1)CCc1ccc(Cl)cc1. The van der Waals surface area contributed by atoms with Crippen LogP contribution < -0.4 is 0 Å². The third kappa shape index (κ3) is 9.27. The first-order valence-electron chi connectivity index (χ1n) is 8.92. The number of aliphatic hydroxyl groups excluding tert-OH is 1. The molecular weight excluding hydrogens is 353 g/mol. The van der Waals surface area contributed by atoms with Crippen LogP contribution in [0, 0.1) is 0 Å². The molecule has 0 saturated carbocycles. The Morgan fingerprint density at radius 1 is 0.800 bits per heavy atom. The highest BCUT2D eigenvalue weighted by Crippen LogP contribution is 2.12. The van der Waals surface area contributed by atoms with Gasteiger partial charge in [-0.2, -0.15) is 0 Å². The molecule has 0 aromatic heterocycles. The maximum Gasteiger partial charge on any atom is 0.0639 e. The average Bonchev–Trinajstić information content (AvgIpc) is 2.61. The van der Waals surface area contributed by atoms with Crippen molar-refractivity contribution in [2.45, 2.75) is 39.7 Å². The smallest absolute Gasteiger partial charge is 0.0639 e. The minimum absolute atomic E-state index is 0.328. The molecule has 0 amide bonds. The summed E-state index contributed by atoms with van der Waals surface area (Å²) < 4.78 is 0. The van der Waals surface area contributed by atoms with Crippen LogP contribution >= 0.6 is 23.2 Å². The van der Waals surface area contributed by atoms with Crippen molar-refractivity contribution in [1.29, 1.82) is 0 Å². The fourth-order valence-electron chi connectivity index (χ4n) is 2.54. The van der Waals surface area contributed by atoms with Gasteiger partial charge in [-0.3, -0.25) is 0 Å². The Balaban J connectivity index is 0.00000151. The van der Waals surface area contributed by atoms with Crippen molar-refractivity contribution >= 4 is 23.2 Å². The highest BCUT2D eigenvalue weighted by atomic mass is 35.5. The molecule has 0 aliphatic heterocycles. The molecule has 0 heterocycles. The van der Waals surface area contributed by atoms with E-state index in [1.807, 2.05) is 45.0 Å². The quantitative estimate of drug-likeness (QED) is 0.653. The molecule has 0 fully saturated rings. The summed E-state index contributed by atoms with van der Waals surface area (Å²) >= 11 is 11.8. The van der Waals surface area contributed by atoms with E-state index in [0.717, 1.165) is 36.0 Å². The van der Waals surface area contributed by atoms with Crippen LogP contribution in [-0.2, 0) is 12.8 Å². The standard InChI is InChI=1S/C19H23Cl2NO.C2H6/c1-15(23)14-22(12-10-16-2-6-18(20)7-3-16)13-11-17-4-8-19(21)9-5-17;1-2/h2-9,15,23H,10-14H2,1H3;1-2H3. The summed E-state index contributed by atoms with van der Waals surface area (Å²) in [5.41, 5.74) is 2.52. The number of hydrogen-bond acceptors (Lipinski definition) is 2. The van der Waals surface area contributed by atoms with E-state index in [2.05, 4.69) is 29.2 Å². The van der Waals surface area contributed by atoms with Crippen molar-refractivity contribution in [2.24, 2.45) is 0 Å². The van der Waals surface area contributed by atoms with Gasteiger partial charge in [0.1, 0.15) is 0 Å². The van der Waals surface area contributed by atoms with Crippen LogP contribution in [0.1, 0.15) is 31.9 Å². The lowest BCUT2D eigenvalue weighted by atomic mass is 10.1. The van der Waals surface area contributed by atoms with Gasteiger partial charge in [-0.05, 0) is 55.2 Å². The van der Waals surface area contributed by atoms with Crippen LogP contribution in [0.25, 0.3) is 0 Å². The Labute approximate surface area is 162 Å². The Hall–Kier alpha value is -1.06. The topological polar surface area (TPSA) is 23.5 Å². The van der Waals surface area contributed by atoms with E-state index in [4.69, 9.17) is 23.2 Å². The van der Waals surface area contributed by atoms with Crippen molar-refractivity contribution in [1.82, 2.24) is 4.90 Å². The van der Waals surface area contributed by atoms with E-state index in [1.54, 1.807) is 0 Å². The Bertz CT molecular complexity index is 532. The van der Waals surface area contributed by atoms with Gasteiger partial charge in [0.2, 0.25) is 0 Å². The highest BCUT2D eigenvalue weighted by molar-refractivity contribution is 6.30. The first-order chi connectivity index (χ1) is 12.0. The average molecular weight is 382 g/mol. The number of aliphatic hydroxyl groups is 1. The van der Waals surface area contributed by atoms with Crippen molar-refractivity contribution in [3.63, 3.8) is 0 Å². The molecule has 2 nitrogen and oxygen atoms in total. The van der Waals surface area contributed by atoms with Crippen molar-refractivity contribution < 1.29 is 5.11 Å². The molecule has 0 spiro atoms. The molecule has 138 valence electrons. The molecule has 25 heavy (non-hydrogen) atoms. The van der Waals surface area contributed by atoms with Crippen molar-refractivity contribution in [3.05, 3.63) is 69.7 Å². The Morgan fingerprint density at radius 2 is 1.16 bits per heavy atom. The van der Waals surface area contributed by atoms with Gasteiger partial charge < -0.3 is 10.0 Å². The molecule has 0 bridgehead atoms. The number of nitrogens with zero attached hydrogens (tertiary/aromatic N) is 1. The zero-order valence-corrected chi connectivity index (χ0v) is 16.9. The third-order valence-electron chi connectivity index (χ3n) is 3.78. The van der Waals surface area contributed by atoms with Gasteiger partial charge in [-0.1, -0.05) is 61.3 Å². The predicted molar refractivity (Wildman–Crippen MR) is 110 cm³/mol. The summed E-state index contributed by atoms with van der Waals surface area (Å²) in [5.74, 6) is 0. The largest absolute Gasteiger partial charge is 0.392 e. The van der Waals surface area contributed by atoms with Crippen LogP contribution in [0.2, 0.25) is 10.0 Å². The Kier molecular flexibility index (Phi) is 10.8. The van der Waals surface area contributed by atoms with E-state index < -0.39 is 0 Å². The second kappa shape index (κ2) is 12.3. The normalized spacial score (nSPS) is 11.8. The van der Waals surface area contributed by atoms with Gasteiger partial charge in [0.25, 0.3) is 0 Å². The molecule has 1 N–H and O–H groups in total. The summed E-state index contributed by atoms with van der Waals surface area (Å²) in [6.07, 6.45) is 1.57. The summed E-state index contributed by atoms with van der Waals surface area (Å²) in [4.78, 5) is 2.30. The lowest BCUT2D eigenvalue weighted by molar-refractivity contribution is 0.128. The van der Waals surface area contributed by atoms with Crippen LogP contribution in [-0.4, -0.2) is 35.7 Å². The zero-order valence-electron chi connectivity index (χ0n) is 15.4. The van der Waals surface area contributed by atoms with Crippen LogP contribution in [0.3, 0.4) is 0 Å². The van der Waals surface area contributed by atoms with E-state index >= 15 is 0 Å². The molecule has 0 aliphatic rings. The summed E-state index contributed by atoms with van der Waals surface area (Å²) in [5, 5.41) is 11.2. The van der Waals surface area contributed by atoms with E-state index in [0.29, 0.717) is 6.54 Å². The maximum absolute atomic E-state index is 9.71. The fourth-order valence-corrected chi connectivity index (χ4v) is 2.80. The minimum Gasteiger partial charge on any atom is -0.392 e. The molecule has 4 heteroatoms. The predicted octanol–water partition coefficient (Wildman–Crippen LogP) is 5.49. The summed E-state index contributed by atoms with van der Waals surface area (Å²) in [7, 11) is 0. The number of rotatable bonds is 8. The minimum atomic E-state index is -0.328. The molecule has 2 aromatic carbocycles. The number of benzene rings is 2. The highest BCUT2D eigenvalue weighted by Gasteiger charge is 2.09. The van der Waals surface area contributed by atoms with Gasteiger partial charge in [0, 0.05) is 29.7 Å². The fraction of sp³-hybridized carbons (Fsp3) is 0.429. The van der Waals surface area contributed by atoms with Gasteiger partial charge >= 0.3 is 0 Å². The van der Waals surface area contributed by atoms with Crippen molar-refractivity contribution in [2.75, 3.05) is 19.6 Å². The van der Waals surface area contributed by atoms with Gasteiger partial charge in [-0.15, -0.1) is 0 Å². The monoisotopic (exact) mass is 381 g/mol. The first-order valence-corrected chi connectivity index (χ1v) is 9.68. The molecule has 1 unspecified atom stereocenters. The summed E-state index contributed by atoms with van der Waals surface area (Å²) in [6, 6.07) is 15.9.